The van der Waals surface area contributed by atoms with Crippen LogP contribution in [0.2, 0.25) is 0 Å². The number of hydrogen-bond acceptors (Lipinski definition) is 3. The fourth-order valence-electron chi connectivity index (χ4n) is 2.89. The molecule has 0 aliphatic rings. The van der Waals surface area contributed by atoms with Gasteiger partial charge in [-0.15, -0.1) is 0 Å². The number of carboxylic acid groups (broad SMARTS) is 1. The smallest absolute Gasteiger partial charge is 0.303 e. The average Bonchev–Trinajstić information content (AvgIpc) is 2.84. The maximum Gasteiger partial charge on any atom is 0.303 e. The maximum absolute atomic E-state index is 10.4. The largest absolute Gasteiger partial charge is 0.481 e. The second-order valence-electron chi connectivity index (χ2n) is 6.46. The number of aromatic amines is 1. The Morgan fingerprint density at radius 1 is 1.13 bits per heavy atom. The van der Waals surface area contributed by atoms with Crippen LogP contribution in [-0.4, -0.2) is 25.8 Å². The van der Waals surface area contributed by atoms with Crippen LogP contribution < -0.4 is 0 Å². The van der Waals surface area contributed by atoms with Crippen LogP contribution in [0.25, 0.3) is 0 Å². The summed E-state index contributed by atoms with van der Waals surface area (Å²) in [6.45, 7) is 2.21. The highest BCUT2D eigenvalue weighted by Crippen LogP contribution is 2.20. The molecule has 0 fully saturated rings. The SMILES string of the molecule is CC(CCCCCCCCCCCC(=O)O)c1n[nH]c(=S)n1C. The van der Waals surface area contributed by atoms with Crippen molar-refractivity contribution in [3.63, 3.8) is 0 Å². The zero-order valence-electron chi connectivity index (χ0n) is 14.5. The van der Waals surface area contributed by atoms with Gasteiger partial charge in [-0.05, 0) is 25.1 Å². The molecule has 0 aliphatic heterocycles. The molecule has 23 heavy (non-hydrogen) atoms. The van der Waals surface area contributed by atoms with Crippen molar-refractivity contribution in [2.45, 2.75) is 83.5 Å². The molecular weight excluding hydrogens is 310 g/mol. The van der Waals surface area contributed by atoms with E-state index in [4.69, 9.17) is 17.3 Å². The van der Waals surface area contributed by atoms with Crippen molar-refractivity contribution in [3.05, 3.63) is 10.6 Å². The Morgan fingerprint density at radius 3 is 2.13 bits per heavy atom. The molecule has 0 aliphatic carbocycles. The van der Waals surface area contributed by atoms with Crippen molar-refractivity contribution >= 4 is 18.2 Å². The Kier molecular flexibility index (Phi) is 9.83. The number of aromatic nitrogens is 3. The first-order valence-corrected chi connectivity index (χ1v) is 9.26. The van der Waals surface area contributed by atoms with Crippen LogP contribution in [0.5, 0.6) is 0 Å². The molecule has 1 aromatic rings. The van der Waals surface area contributed by atoms with E-state index in [1.807, 2.05) is 11.6 Å². The van der Waals surface area contributed by atoms with Crippen molar-refractivity contribution in [2.24, 2.45) is 7.05 Å². The van der Waals surface area contributed by atoms with Crippen LogP contribution in [-0.2, 0) is 11.8 Å². The van der Waals surface area contributed by atoms with Crippen LogP contribution in [0.1, 0.15) is 89.3 Å². The van der Waals surface area contributed by atoms with Crippen molar-refractivity contribution in [2.75, 3.05) is 0 Å². The fraction of sp³-hybridized carbons (Fsp3) is 0.824. The van der Waals surface area contributed by atoms with Crippen molar-refractivity contribution in [1.29, 1.82) is 0 Å². The lowest BCUT2D eigenvalue weighted by Gasteiger charge is -2.10. The third-order valence-electron chi connectivity index (χ3n) is 4.38. The lowest BCUT2D eigenvalue weighted by molar-refractivity contribution is -0.137. The molecule has 6 heteroatoms. The highest BCUT2D eigenvalue weighted by molar-refractivity contribution is 7.71. The average molecular weight is 342 g/mol. The molecule has 0 amide bonds. The number of rotatable bonds is 13. The number of nitrogens with one attached hydrogen (secondary N) is 1. The molecule has 0 radical (unpaired) electrons. The summed E-state index contributed by atoms with van der Waals surface area (Å²) in [6, 6.07) is 0. The Balaban J connectivity index is 1.94. The summed E-state index contributed by atoms with van der Waals surface area (Å²) in [4.78, 5) is 10.4. The van der Waals surface area contributed by atoms with E-state index in [-0.39, 0.29) is 0 Å². The number of unbranched alkanes of at least 4 members (excludes halogenated alkanes) is 8. The second-order valence-corrected chi connectivity index (χ2v) is 6.85. The summed E-state index contributed by atoms with van der Waals surface area (Å²) in [5.41, 5.74) is 0. The number of carbonyl (C=O) groups is 1. The van der Waals surface area contributed by atoms with Crippen LogP contribution in [0.4, 0.5) is 0 Å². The van der Waals surface area contributed by atoms with Crippen molar-refractivity contribution < 1.29 is 9.90 Å². The Bertz CT molecular complexity index is 510. The fourth-order valence-corrected chi connectivity index (χ4v) is 3.03. The molecule has 0 saturated heterocycles. The molecule has 1 heterocycles. The number of nitrogens with zero attached hydrogens (tertiary/aromatic N) is 2. The summed E-state index contributed by atoms with van der Waals surface area (Å²) >= 11 is 5.14. The summed E-state index contributed by atoms with van der Waals surface area (Å²) < 4.78 is 2.65. The van der Waals surface area contributed by atoms with Gasteiger partial charge in [0.1, 0.15) is 5.82 Å². The topological polar surface area (TPSA) is 70.9 Å². The van der Waals surface area contributed by atoms with Gasteiger partial charge in [0.05, 0.1) is 0 Å². The molecular formula is C17H31N3O2S. The predicted octanol–water partition coefficient (Wildman–Crippen LogP) is 4.96. The summed E-state index contributed by atoms with van der Waals surface area (Å²) in [5.74, 6) is 0.824. The summed E-state index contributed by atoms with van der Waals surface area (Å²) in [6.07, 6.45) is 12.1. The molecule has 0 spiro atoms. The Labute approximate surface area is 144 Å². The van der Waals surface area contributed by atoms with E-state index in [0.717, 1.165) is 25.1 Å². The van der Waals surface area contributed by atoms with Gasteiger partial charge in [0.25, 0.3) is 0 Å². The number of H-pyrrole nitrogens is 1. The van der Waals surface area contributed by atoms with Gasteiger partial charge in [0, 0.05) is 19.4 Å². The minimum atomic E-state index is -0.674. The highest BCUT2D eigenvalue weighted by atomic mass is 32.1. The van der Waals surface area contributed by atoms with Gasteiger partial charge in [-0.25, -0.2) is 0 Å². The molecule has 1 rings (SSSR count). The van der Waals surface area contributed by atoms with Gasteiger partial charge < -0.3 is 9.67 Å². The Morgan fingerprint density at radius 2 is 1.65 bits per heavy atom. The van der Waals surface area contributed by atoms with Crippen LogP contribution in [0.15, 0.2) is 0 Å². The van der Waals surface area contributed by atoms with E-state index in [2.05, 4.69) is 17.1 Å². The zero-order chi connectivity index (χ0) is 17.1. The van der Waals surface area contributed by atoms with Gasteiger partial charge in [0.15, 0.2) is 4.77 Å². The third-order valence-corrected chi connectivity index (χ3v) is 4.75. The normalized spacial score (nSPS) is 12.4. The minimum absolute atomic E-state index is 0.318. The molecule has 1 atom stereocenters. The van der Waals surface area contributed by atoms with Gasteiger partial charge in [-0.1, -0.05) is 58.3 Å². The van der Waals surface area contributed by atoms with Gasteiger partial charge in [0.2, 0.25) is 0 Å². The van der Waals surface area contributed by atoms with Gasteiger partial charge in [-0.3, -0.25) is 9.89 Å². The first kappa shape index (κ1) is 19.9. The van der Waals surface area contributed by atoms with Crippen molar-refractivity contribution in [1.82, 2.24) is 14.8 Å². The predicted molar refractivity (Wildman–Crippen MR) is 95.2 cm³/mol. The number of aliphatic carboxylic acids is 1. The van der Waals surface area contributed by atoms with Gasteiger partial charge >= 0.3 is 5.97 Å². The first-order chi connectivity index (χ1) is 11.0. The molecule has 5 nitrogen and oxygen atoms in total. The molecule has 0 bridgehead atoms. The molecule has 1 aromatic heterocycles. The second kappa shape index (κ2) is 11.4. The summed E-state index contributed by atoms with van der Waals surface area (Å²) in [7, 11) is 1.97. The van der Waals surface area contributed by atoms with E-state index in [1.54, 1.807) is 0 Å². The highest BCUT2D eigenvalue weighted by Gasteiger charge is 2.11. The molecule has 0 aromatic carbocycles. The minimum Gasteiger partial charge on any atom is -0.481 e. The van der Waals surface area contributed by atoms with Crippen molar-refractivity contribution in [3.8, 4) is 0 Å². The lowest BCUT2D eigenvalue weighted by atomic mass is 10.0. The molecule has 132 valence electrons. The van der Waals surface area contributed by atoms with E-state index < -0.39 is 5.97 Å². The molecule has 2 N–H and O–H groups in total. The maximum atomic E-state index is 10.4. The molecule has 0 saturated carbocycles. The van der Waals surface area contributed by atoms with Crippen LogP contribution in [0.3, 0.4) is 0 Å². The van der Waals surface area contributed by atoms with Crippen LogP contribution in [0, 0.1) is 4.77 Å². The van der Waals surface area contributed by atoms with E-state index in [9.17, 15) is 4.79 Å². The first-order valence-electron chi connectivity index (χ1n) is 8.85. The summed E-state index contributed by atoms with van der Waals surface area (Å²) in [5, 5.41) is 15.7. The Hall–Kier alpha value is -1.17. The zero-order valence-corrected chi connectivity index (χ0v) is 15.3. The van der Waals surface area contributed by atoms with E-state index in [1.165, 1.54) is 44.9 Å². The van der Waals surface area contributed by atoms with Crippen LogP contribution >= 0.6 is 12.2 Å². The lowest BCUT2D eigenvalue weighted by Crippen LogP contribution is -2.03. The standard InChI is InChI=1S/C17H31N3O2S/c1-14(16-18-19-17(23)20(16)2)12-10-8-6-4-3-5-7-9-11-13-15(21)22/h14H,3-13H2,1-2H3,(H,19,23)(H,21,22). The number of carboxylic acids is 1. The van der Waals surface area contributed by atoms with E-state index in [0.29, 0.717) is 17.1 Å². The quantitative estimate of drug-likeness (QED) is 0.393. The molecule has 1 unspecified atom stereocenters. The number of hydrogen-bond donors (Lipinski definition) is 2. The van der Waals surface area contributed by atoms with Gasteiger partial charge in [-0.2, -0.15) is 5.10 Å². The monoisotopic (exact) mass is 341 g/mol. The third kappa shape index (κ3) is 8.30. The van der Waals surface area contributed by atoms with E-state index >= 15 is 0 Å².